The Morgan fingerprint density at radius 1 is 0.971 bits per heavy atom. The summed E-state index contributed by atoms with van der Waals surface area (Å²) >= 11 is 0. The molecule has 0 unspecified atom stereocenters. The number of rotatable bonds is 7. The second-order valence-electron chi connectivity index (χ2n) is 9.28. The number of amides is 1. The Balaban J connectivity index is 0.00000324. The minimum absolute atomic E-state index is 0. The molecule has 7 heteroatoms. The predicted octanol–water partition coefficient (Wildman–Crippen LogP) is 4.76. The minimum atomic E-state index is 0. The van der Waals surface area contributed by atoms with Gasteiger partial charge in [-0.2, -0.15) is 0 Å². The van der Waals surface area contributed by atoms with Crippen molar-refractivity contribution < 1.29 is 4.79 Å². The van der Waals surface area contributed by atoms with Crippen LogP contribution in [0, 0.1) is 5.92 Å². The predicted molar refractivity (Wildman–Crippen MR) is 151 cm³/mol. The first-order chi connectivity index (χ1) is 16.2. The molecule has 1 amide bonds. The van der Waals surface area contributed by atoms with Crippen molar-refractivity contribution in [2.45, 2.75) is 57.7 Å². The van der Waals surface area contributed by atoms with Crippen molar-refractivity contribution in [1.29, 1.82) is 0 Å². The molecule has 0 radical (unpaired) electrons. The van der Waals surface area contributed by atoms with Crippen molar-refractivity contribution in [2.24, 2.45) is 10.9 Å². The summed E-state index contributed by atoms with van der Waals surface area (Å²) in [5, 5.41) is 10.1. The van der Waals surface area contributed by atoms with E-state index in [1.807, 2.05) is 19.2 Å². The molecule has 1 aliphatic heterocycles. The van der Waals surface area contributed by atoms with Crippen molar-refractivity contribution in [3.05, 3.63) is 65.7 Å². The molecule has 1 heterocycles. The molecule has 3 N–H and O–H groups in total. The number of anilines is 1. The number of nitrogens with one attached hydrogen (secondary N) is 3. The van der Waals surface area contributed by atoms with Crippen LogP contribution in [0.2, 0.25) is 0 Å². The fourth-order valence-electron chi connectivity index (χ4n) is 4.84. The van der Waals surface area contributed by atoms with Crippen LogP contribution < -0.4 is 16.0 Å². The van der Waals surface area contributed by atoms with Crippen LogP contribution in [0.25, 0.3) is 0 Å². The van der Waals surface area contributed by atoms with Gasteiger partial charge in [0.2, 0.25) is 5.91 Å². The molecule has 34 heavy (non-hydrogen) atoms. The molecule has 1 aliphatic carbocycles. The lowest BCUT2D eigenvalue weighted by Crippen LogP contribution is -2.48. The summed E-state index contributed by atoms with van der Waals surface area (Å²) in [6.07, 6.45) is 6.58. The van der Waals surface area contributed by atoms with Crippen molar-refractivity contribution in [3.63, 3.8) is 0 Å². The molecule has 2 aromatic carbocycles. The van der Waals surface area contributed by atoms with Crippen LogP contribution in [0.4, 0.5) is 5.69 Å². The van der Waals surface area contributed by atoms with Crippen molar-refractivity contribution in [3.8, 4) is 0 Å². The van der Waals surface area contributed by atoms with Crippen LogP contribution in [-0.4, -0.2) is 42.9 Å². The smallest absolute Gasteiger partial charge is 0.227 e. The van der Waals surface area contributed by atoms with E-state index in [1.54, 1.807) is 0 Å². The SMILES string of the molecule is CN=C(NCc1cccc(NC(=O)C2CCCC2)c1)NC1CCN(Cc2ccccc2)CC1.I. The Morgan fingerprint density at radius 3 is 2.38 bits per heavy atom. The molecule has 6 nitrogen and oxygen atoms in total. The van der Waals surface area contributed by atoms with Crippen molar-refractivity contribution >= 4 is 41.5 Å². The second-order valence-corrected chi connectivity index (χ2v) is 9.28. The van der Waals surface area contributed by atoms with Gasteiger partial charge in [-0.3, -0.25) is 14.7 Å². The standard InChI is InChI=1S/C27H37N5O.HI/c1-28-27(31-24-14-16-32(17-15-24)20-21-8-3-2-4-9-21)29-19-22-10-7-13-25(18-22)30-26(33)23-11-5-6-12-23;/h2-4,7-10,13,18,23-24H,5-6,11-12,14-17,19-20H2,1H3,(H,30,33)(H2,28,29,31);1H. The van der Waals surface area contributed by atoms with E-state index >= 15 is 0 Å². The molecule has 0 bridgehead atoms. The van der Waals surface area contributed by atoms with Gasteiger partial charge in [-0.25, -0.2) is 0 Å². The van der Waals surface area contributed by atoms with Gasteiger partial charge in [0.1, 0.15) is 0 Å². The maximum Gasteiger partial charge on any atom is 0.227 e. The van der Waals surface area contributed by atoms with E-state index in [2.05, 4.69) is 68.3 Å². The van der Waals surface area contributed by atoms with Crippen LogP contribution in [-0.2, 0) is 17.9 Å². The Labute approximate surface area is 221 Å². The Morgan fingerprint density at radius 2 is 1.68 bits per heavy atom. The minimum Gasteiger partial charge on any atom is -0.354 e. The van der Waals surface area contributed by atoms with E-state index in [0.717, 1.165) is 62.5 Å². The van der Waals surface area contributed by atoms with E-state index in [9.17, 15) is 4.79 Å². The van der Waals surface area contributed by atoms with Gasteiger partial charge in [0.05, 0.1) is 0 Å². The number of likely N-dealkylation sites (tertiary alicyclic amines) is 1. The third-order valence-electron chi connectivity index (χ3n) is 6.78. The summed E-state index contributed by atoms with van der Waals surface area (Å²) in [4.78, 5) is 19.4. The van der Waals surface area contributed by atoms with Crippen LogP contribution in [0.1, 0.15) is 49.7 Å². The van der Waals surface area contributed by atoms with Gasteiger partial charge in [-0.15, -0.1) is 24.0 Å². The molecule has 1 saturated carbocycles. The molecule has 4 rings (SSSR count). The summed E-state index contributed by atoms with van der Waals surface area (Å²) < 4.78 is 0. The Kier molecular flexibility index (Phi) is 10.7. The zero-order valence-electron chi connectivity index (χ0n) is 20.1. The summed E-state index contributed by atoms with van der Waals surface area (Å²) in [5.41, 5.74) is 3.38. The first-order valence-corrected chi connectivity index (χ1v) is 12.3. The lowest BCUT2D eigenvalue weighted by molar-refractivity contribution is -0.119. The lowest BCUT2D eigenvalue weighted by atomic mass is 10.0. The number of nitrogens with zero attached hydrogens (tertiary/aromatic N) is 2. The largest absolute Gasteiger partial charge is 0.354 e. The first kappa shape index (κ1) is 26.5. The average Bonchev–Trinajstić information content (AvgIpc) is 3.39. The van der Waals surface area contributed by atoms with Crippen LogP contribution in [0.3, 0.4) is 0 Å². The number of benzene rings is 2. The molecular weight excluding hydrogens is 537 g/mol. The monoisotopic (exact) mass is 575 g/mol. The summed E-state index contributed by atoms with van der Waals surface area (Å²) in [6.45, 7) is 3.87. The van der Waals surface area contributed by atoms with Gasteiger partial charge in [-0.1, -0.05) is 55.3 Å². The molecule has 2 aliphatic rings. The molecule has 2 aromatic rings. The molecule has 1 saturated heterocycles. The molecule has 0 spiro atoms. The zero-order chi connectivity index (χ0) is 22.9. The van der Waals surface area contributed by atoms with Gasteiger partial charge >= 0.3 is 0 Å². The van der Waals surface area contributed by atoms with Crippen LogP contribution in [0.15, 0.2) is 59.6 Å². The summed E-state index contributed by atoms with van der Waals surface area (Å²) in [7, 11) is 1.82. The third kappa shape index (κ3) is 7.98. The average molecular weight is 576 g/mol. The van der Waals surface area contributed by atoms with E-state index in [-0.39, 0.29) is 35.8 Å². The number of piperidine rings is 1. The fourth-order valence-corrected chi connectivity index (χ4v) is 4.84. The van der Waals surface area contributed by atoms with E-state index in [4.69, 9.17) is 0 Å². The number of hydrogen-bond donors (Lipinski definition) is 3. The molecule has 0 aromatic heterocycles. The van der Waals surface area contributed by atoms with E-state index < -0.39 is 0 Å². The molecular formula is C27H38IN5O. The van der Waals surface area contributed by atoms with E-state index in [1.165, 1.54) is 18.4 Å². The highest BCUT2D eigenvalue weighted by Gasteiger charge is 2.23. The number of aliphatic imine (C=N–C) groups is 1. The lowest BCUT2D eigenvalue weighted by Gasteiger charge is -2.33. The number of halogens is 1. The fraction of sp³-hybridized carbons (Fsp3) is 0.481. The molecule has 0 atom stereocenters. The van der Waals surface area contributed by atoms with Crippen LogP contribution in [0.5, 0.6) is 0 Å². The maximum atomic E-state index is 12.4. The second kappa shape index (κ2) is 13.7. The summed E-state index contributed by atoms with van der Waals surface area (Å²) in [6, 6.07) is 19.2. The first-order valence-electron chi connectivity index (χ1n) is 12.3. The summed E-state index contributed by atoms with van der Waals surface area (Å²) in [5.74, 6) is 1.17. The highest BCUT2D eigenvalue weighted by Crippen LogP contribution is 2.26. The van der Waals surface area contributed by atoms with Crippen molar-refractivity contribution in [2.75, 3.05) is 25.5 Å². The quantitative estimate of drug-likeness (QED) is 0.253. The number of guanidine groups is 1. The highest BCUT2D eigenvalue weighted by molar-refractivity contribution is 14.0. The maximum absolute atomic E-state index is 12.4. The number of carbonyl (C=O) groups is 1. The normalized spacial score (nSPS) is 17.7. The van der Waals surface area contributed by atoms with Crippen LogP contribution >= 0.6 is 24.0 Å². The highest BCUT2D eigenvalue weighted by atomic mass is 127. The Bertz CT molecular complexity index is 922. The van der Waals surface area contributed by atoms with Gasteiger partial charge < -0.3 is 16.0 Å². The van der Waals surface area contributed by atoms with E-state index in [0.29, 0.717) is 12.6 Å². The molecule has 2 fully saturated rings. The zero-order valence-corrected chi connectivity index (χ0v) is 22.5. The number of carbonyl (C=O) groups excluding carboxylic acids is 1. The Hall–Kier alpha value is -2.13. The van der Waals surface area contributed by atoms with Crippen molar-refractivity contribution in [1.82, 2.24) is 15.5 Å². The number of hydrogen-bond acceptors (Lipinski definition) is 3. The van der Waals surface area contributed by atoms with Gasteiger partial charge in [0.15, 0.2) is 5.96 Å². The topological polar surface area (TPSA) is 68.8 Å². The van der Waals surface area contributed by atoms with Gasteiger partial charge in [0.25, 0.3) is 0 Å². The molecule has 184 valence electrons. The third-order valence-corrected chi connectivity index (χ3v) is 6.78. The van der Waals surface area contributed by atoms with Gasteiger partial charge in [-0.05, 0) is 48.9 Å². The van der Waals surface area contributed by atoms with Gasteiger partial charge in [0, 0.05) is 50.9 Å².